The highest BCUT2D eigenvalue weighted by Gasteiger charge is 2.37. The zero-order valence-corrected chi connectivity index (χ0v) is 26.4. The van der Waals surface area contributed by atoms with Crippen LogP contribution < -0.4 is 10.2 Å². The van der Waals surface area contributed by atoms with E-state index in [1.54, 1.807) is 6.20 Å². The second kappa shape index (κ2) is 11.5. The molecule has 0 radical (unpaired) electrons. The molecule has 1 aliphatic heterocycles. The molecule has 42 heavy (non-hydrogen) atoms. The summed E-state index contributed by atoms with van der Waals surface area (Å²) in [6.07, 6.45) is 15.5. The molecule has 0 spiro atoms. The molecule has 4 aromatic heterocycles. The number of rotatable bonds is 9. The van der Waals surface area contributed by atoms with Crippen molar-refractivity contribution in [3.8, 4) is 0 Å². The lowest BCUT2D eigenvalue weighted by Gasteiger charge is -2.36. The van der Waals surface area contributed by atoms with Gasteiger partial charge in [0.2, 0.25) is 11.9 Å². The van der Waals surface area contributed by atoms with E-state index in [2.05, 4.69) is 58.2 Å². The number of nitrogens with one attached hydrogen (secondary N) is 1. The Kier molecular flexibility index (Phi) is 7.95. The number of hydrogen-bond acceptors (Lipinski definition) is 7. The van der Waals surface area contributed by atoms with E-state index in [4.69, 9.17) is 4.98 Å². The molecule has 1 aliphatic carbocycles. The van der Waals surface area contributed by atoms with Crippen molar-refractivity contribution in [2.45, 2.75) is 95.8 Å². The summed E-state index contributed by atoms with van der Waals surface area (Å²) < 4.78 is 17.0. The third-order valence-corrected chi connectivity index (χ3v) is 13.7. The lowest BCUT2D eigenvalue weighted by Crippen LogP contribution is -2.39. The lowest BCUT2D eigenvalue weighted by atomic mass is 9.90. The smallest absolute Gasteiger partial charge is 0.237 e. The van der Waals surface area contributed by atoms with Gasteiger partial charge in [-0.1, -0.05) is 39.5 Å². The number of fused-ring (bicyclic) bond motifs is 3. The van der Waals surface area contributed by atoms with Gasteiger partial charge in [0.25, 0.3) is 0 Å². The highest BCUT2D eigenvalue weighted by atomic mass is 28.4. The zero-order chi connectivity index (χ0) is 29.5. The van der Waals surface area contributed by atoms with Crippen LogP contribution >= 0.6 is 0 Å². The SMILES string of the molecule is CC(C)(CCCC1CCN(c2ccc(Nc3ncc4c5ccnc(F)c5n(C5CCCC5)c4n3)nc2)CC1)[Si](C)(C)O. The van der Waals surface area contributed by atoms with Crippen LogP contribution in [0.15, 0.2) is 36.8 Å². The van der Waals surface area contributed by atoms with Crippen LogP contribution in [0.25, 0.3) is 21.9 Å². The van der Waals surface area contributed by atoms with Crippen molar-refractivity contribution >= 4 is 47.7 Å². The monoisotopic (exact) mass is 589 g/mol. The largest absolute Gasteiger partial charge is 0.432 e. The maximum absolute atomic E-state index is 14.9. The van der Waals surface area contributed by atoms with E-state index in [1.807, 2.05) is 22.9 Å². The van der Waals surface area contributed by atoms with Gasteiger partial charge in [0.15, 0.2) is 8.32 Å². The van der Waals surface area contributed by atoms with Gasteiger partial charge < -0.3 is 19.6 Å². The number of halogens is 1. The molecule has 0 aromatic carbocycles. The first-order valence-corrected chi connectivity index (χ1v) is 18.6. The highest BCUT2D eigenvalue weighted by molar-refractivity contribution is 6.72. The maximum atomic E-state index is 14.9. The van der Waals surface area contributed by atoms with Crippen molar-refractivity contribution in [1.29, 1.82) is 0 Å². The molecule has 0 amide bonds. The Morgan fingerprint density at radius 1 is 1.00 bits per heavy atom. The fraction of sp³-hybridized carbons (Fsp3) is 0.562. The standard InChI is InChI=1S/C32H44FN7OSi/c1-32(2,42(3,4)41)16-7-8-22-14-18-39(19-15-22)24-11-12-27(35-20-24)37-31-36-21-26-25-13-17-34-29(33)28(25)40(30(26)38-31)23-9-5-6-10-23/h11-13,17,20-23,41H,5-10,14-16,18-19H2,1-4H3,(H,35,36,37,38). The number of nitrogens with zero attached hydrogens (tertiary/aromatic N) is 6. The number of aromatic nitrogens is 5. The number of pyridine rings is 2. The summed E-state index contributed by atoms with van der Waals surface area (Å²) >= 11 is 0. The molecule has 0 atom stereocenters. The first kappa shape index (κ1) is 29.0. The van der Waals surface area contributed by atoms with Crippen LogP contribution in [0.1, 0.15) is 77.7 Å². The predicted molar refractivity (Wildman–Crippen MR) is 170 cm³/mol. The Morgan fingerprint density at radius 3 is 2.45 bits per heavy atom. The van der Waals surface area contributed by atoms with E-state index >= 15 is 0 Å². The summed E-state index contributed by atoms with van der Waals surface area (Å²) in [5, 5.41) is 4.98. The van der Waals surface area contributed by atoms with Crippen molar-refractivity contribution in [3.05, 3.63) is 42.7 Å². The van der Waals surface area contributed by atoms with E-state index in [0.717, 1.165) is 73.2 Å². The number of hydrogen-bond donors (Lipinski definition) is 2. The zero-order valence-electron chi connectivity index (χ0n) is 25.4. The minimum absolute atomic E-state index is 0.0652. The highest BCUT2D eigenvalue weighted by Crippen LogP contribution is 2.41. The molecule has 8 nitrogen and oxygen atoms in total. The van der Waals surface area contributed by atoms with Crippen LogP contribution in [-0.4, -0.2) is 50.7 Å². The number of piperidine rings is 1. The molecule has 0 bridgehead atoms. The normalized spacial score (nSPS) is 17.5. The average Bonchev–Trinajstić information content (AvgIpc) is 3.60. The summed E-state index contributed by atoms with van der Waals surface area (Å²) in [6.45, 7) is 10.7. The molecule has 2 fully saturated rings. The molecule has 4 aromatic rings. The summed E-state index contributed by atoms with van der Waals surface area (Å²) in [5.41, 5.74) is 2.40. The Balaban J connectivity index is 1.10. The fourth-order valence-electron chi connectivity index (χ4n) is 6.69. The van der Waals surface area contributed by atoms with Gasteiger partial charge in [-0.3, -0.25) is 0 Å². The van der Waals surface area contributed by atoms with Gasteiger partial charge >= 0.3 is 0 Å². The van der Waals surface area contributed by atoms with E-state index in [0.29, 0.717) is 17.3 Å². The van der Waals surface area contributed by atoms with Gasteiger partial charge in [-0.25, -0.2) is 15.0 Å². The topological polar surface area (TPSA) is 92.0 Å². The summed E-state index contributed by atoms with van der Waals surface area (Å²) in [5.74, 6) is 1.44. The van der Waals surface area contributed by atoms with Crippen molar-refractivity contribution < 1.29 is 9.19 Å². The third-order valence-electron chi connectivity index (χ3n) is 10.1. The van der Waals surface area contributed by atoms with Crippen LogP contribution in [0.2, 0.25) is 18.1 Å². The van der Waals surface area contributed by atoms with Crippen molar-refractivity contribution in [1.82, 2.24) is 24.5 Å². The molecule has 2 aliphatic rings. The first-order chi connectivity index (χ1) is 20.1. The lowest BCUT2D eigenvalue weighted by molar-refractivity contribution is 0.351. The van der Waals surface area contributed by atoms with Gasteiger partial charge in [0.1, 0.15) is 17.0 Å². The molecule has 1 saturated carbocycles. The third kappa shape index (κ3) is 5.75. The van der Waals surface area contributed by atoms with Gasteiger partial charge in [-0.15, -0.1) is 0 Å². The van der Waals surface area contributed by atoms with Crippen LogP contribution in [-0.2, 0) is 0 Å². The van der Waals surface area contributed by atoms with E-state index in [9.17, 15) is 9.19 Å². The molecule has 10 heteroatoms. The van der Waals surface area contributed by atoms with Crippen molar-refractivity contribution in [3.63, 3.8) is 0 Å². The van der Waals surface area contributed by atoms with E-state index in [-0.39, 0.29) is 11.1 Å². The Bertz CT molecular complexity index is 1530. The first-order valence-electron chi connectivity index (χ1n) is 15.6. The van der Waals surface area contributed by atoms with Crippen molar-refractivity contribution in [2.75, 3.05) is 23.3 Å². The molecule has 1 saturated heterocycles. The Morgan fingerprint density at radius 2 is 1.76 bits per heavy atom. The molecular formula is C32H44FN7OSi. The Hall–Kier alpha value is -3.11. The Labute approximate surface area is 248 Å². The van der Waals surface area contributed by atoms with Gasteiger partial charge in [0.05, 0.1) is 11.9 Å². The van der Waals surface area contributed by atoms with Crippen LogP contribution in [0.4, 0.5) is 21.8 Å². The summed E-state index contributed by atoms with van der Waals surface area (Å²) in [6, 6.07) is 6.16. The van der Waals surface area contributed by atoms with Gasteiger partial charge in [0, 0.05) is 42.3 Å². The minimum atomic E-state index is -2.13. The average molecular weight is 590 g/mol. The van der Waals surface area contributed by atoms with E-state index < -0.39 is 14.3 Å². The number of anilines is 3. The van der Waals surface area contributed by atoms with Crippen LogP contribution in [0, 0.1) is 11.9 Å². The molecular weight excluding hydrogens is 545 g/mol. The maximum Gasteiger partial charge on any atom is 0.237 e. The second-order valence-electron chi connectivity index (χ2n) is 13.5. The van der Waals surface area contributed by atoms with Gasteiger partial charge in [-0.2, -0.15) is 9.37 Å². The van der Waals surface area contributed by atoms with Crippen LogP contribution in [0.3, 0.4) is 0 Å². The predicted octanol–water partition coefficient (Wildman–Crippen LogP) is 7.74. The second-order valence-corrected chi connectivity index (χ2v) is 18.0. The molecule has 6 rings (SSSR count). The molecule has 2 N–H and O–H groups in total. The van der Waals surface area contributed by atoms with Crippen LogP contribution in [0.5, 0.6) is 0 Å². The molecule has 5 heterocycles. The summed E-state index contributed by atoms with van der Waals surface area (Å²) in [4.78, 5) is 31.0. The minimum Gasteiger partial charge on any atom is -0.432 e. The van der Waals surface area contributed by atoms with E-state index in [1.165, 1.54) is 31.9 Å². The fourth-order valence-corrected chi connectivity index (χ4v) is 7.47. The summed E-state index contributed by atoms with van der Waals surface area (Å²) in [7, 11) is -2.13. The quantitative estimate of drug-likeness (QED) is 0.152. The van der Waals surface area contributed by atoms with Crippen molar-refractivity contribution in [2.24, 2.45) is 5.92 Å². The molecule has 0 unspecified atom stereocenters. The van der Waals surface area contributed by atoms with Gasteiger partial charge in [-0.05, 0) is 74.4 Å². The molecule has 224 valence electrons.